The highest BCUT2D eigenvalue weighted by Crippen LogP contribution is 2.18. The van der Waals surface area contributed by atoms with E-state index in [2.05, 4.69) is 48.3 Å². The second-order valence-electron chi connectivity index (χ2n) is 6.12. The number of anilines is 1. The molecule has 20 heavy (non-hydrogen) atoms. The number of nitrogens with one attached hydrogen (secondary N) is 1. The van der Waals surface area contributed by atoms with E-state index in [1.807, 2.05) is 29.9 Å². The Kier molecular flexibility index (Phi) is 4.42. The van der Waals surface area contributed by atoms with Crippen molar-refractivity contribution in [1.29, 1.82) is 0 Å². The van der Waals surface area contributed by atoms with E-state index in [0.717, 1.165) is 31.0 Å². The maximum absolute atomic E-state index is 4.65. The second-order valence-corrected chi connectivity index (χ2v) is 6.12. The van der Waals surface area contributed by atoms with Crippen LogP contribution in [0.2, 0.25) is 0 Å². The fourth-order valence-corrected chi connectivity index (χ4v) is 1.99. The molecule has 0 bridgehead atoms. The van der Waals surface area contributed by atoms with Crippen molar-refractivity contribution in [2.24, 2.45) is 7.05 Å². The van der Waals surface area contributed by atoms with Crippen molar-refractivity contribution in [3.05, 3.63) is 42.0 Å². The van der Waals surface area contributed by atoms with Crippen molar-refractivity contribution in [3.63, 3.8) is 0 Å². The predicted molar refractivity (Wildman–Crippen MR) is 83.0 cm³/mol. The first-order chi connectivity index (χ1) is 9.47. The summed E-state index contributed by atoms with van der Waals surface area (Å²) in [4.78, 5) is 4.65. The van der Waals surface area contributed by atoms with Crippen LogP contribution in [0, 0.1) is 0 Å². The summed E-state index contributed by atoms with van der Waals surface area (Å²) >= 11 is 0. The lowest BCUT2D eigenvalue weighted by molar-refractivity contribution is 0.538. The number of rotatable bonds is 5. The zero-order valence-electron chi connectivity index (χ0n) is 12.8. The van der Waals surface area contributed by atoms with Gasteiger partial charge in [0.1, 0.15) is 5.82 Å². The van der Waals surface area contributed by atoms with E-state index in [1.165, 1.54) is 5.69 Å². The van der Waals surface area contributed by atoms with Crippen LogP contribution >= 0.6 is 0 Å². The van der Waals surface area contributed by atoms with Crippen molar-refractivity contribution >= 4 is 5.69 Å². The lowest BCUT2D eigenvalue weighted by Crippen LogP contribution is -2.13. The minimum absolute atomic E-state index is 0.0122. The van der Waals surface area contributed by atoms with Gasteiger partial charge in [-0.2, -0.15) is 5.10 Å². The average Bonchev–Trinajstić information content (AvgIpc) is 2.77. The summed E-state index contributed by atoms with van der Waals surface area (Å²) in [5.41, 5.74) is 1.18. The molecule has 2 rings (SSSR count). The van der Waals surface area contributed by atoms with Gasteiger partial charge in [-0.25, -0.2) is 4.98 Å². The minimum atomic E-state index is 0.0122. The standard InChI is InChI=1S/C16H24N4/c1-16(2,3)15-18-14(20(4)19-15)11-8-12-17-13-9-6-5-7-10-13/h5-7,9-10,17H,8,11-12H2,1-4H3. The van der Waals surface area contributed by atoms with Crippen LogP contribution in [0.1, 0.15) is 38.8 Å². The van der Waals surface area contributed by atoms with Gasteiger partial charge in [0, 0.05) is 31.1 Å². The maximum atomic E-state index is 4.65. The third-order valence-electron chi connectivity index (χ3n) is 3.20. The van der Waals surface area contributed by atoms with E-state index in [4.69, 9.17) is 0 Å². The Morgan fingerprint density at radius 2 is 1.85 bits per heavy atom. The molecule has 1 heterocycles. The molecule has 0 radical (unpaired) electrons. The summed E-state index contributed by atoms with van der Waals surface area (Å²) in [5.74, 6) is 1.98. The molecule has 0 aliphatic rings. The van der Waals surface area contributed by atoms with Crippen LogP contribution in [0.5, 0.6) is 0 Å². The van der Waals surface area contributed by atoms with Gasteiger partial charge in [0.15, 0.2) is 5.82 Å². The first-order valence-corrected chi connectivity index (χ1v) is 7.16. The highest BCUT2D eigenvalue weighted by atomic mass is 15.3. The Morgan fingerprint density at radius 1 is 1.15 bits per heavy atom. The smallest absolute Gasteiger partial charge is 0.156 e. The summed E-state index contributed by atoms with van der Waals surface area (Å²) in [5, 5.41) is 7.92. The highest BCUT2D eigenvalue weighted by molar-refractivity contribution is 5.42. The molecule has 0 amide bonds. The summed E-state index contributed by atoms with van der Waals surface area (Å²) in [6.07, 6.45) is 1.99. The van der Waals surface area contributed by atoms with E-state index in [1.54, 1.807) is 0 Å². The molecule has 0 spiro atoms. The van der Waals surface area contributed by atoms with Crippen LogP contribution in [0.15, 0.2) is 30.3 Å². The lowest BCUT2D eigenvalue weighted by atomic mass is 9.96. The quantitative estimate of drug-likeness (QED) is 0.850. The molecule has 0 unspecified atom stereocenters. The van der Waals surface area contributed by atoms with Crippen molar-refractivity contribution in [2.45, 2.75) is 39.0 Å². The molecule has 1 N–H and O–H groups in total. The van der Waals surface area contributed by atoms with Gasteiger partial charge < -0.3 is 5.32 Å². The van der Waals surface area contributed by atoms with Crippen molar-refractivity contribution in [3.8, 4) is 0 Å². The van der Waals surface area contributed by atoms with Crippen LogP contribution in [-0.2, 0) is 18.9 Å². The largest absolute Gasteiger partial charge is 0.385 e. The summed E-state index contributed by atoms with van der Waals surface area (Å²) in [7, 11) is 1.97. The average molecular weight is 272 g/mol. The van der Waals surface area contributed by atoms with E-state index in [0.29, 0.717) is 0 Å². The fraction of sp³-hybridized carbons (Fsp3) is 0.500. The molecule has 4 nitrogen and oxygen atoms in total. The number of aryl methyl sites for hydroxylation is 2. The van der Waals surface area contributed by atoms with Crippen LogP contribution in [0.25, 0.3) is 0 Å². The van der Waals surface area contributed by atoms with Crippen LogP contribution in [0.3, 0.4) is 0 Å². The molecule has 4 heteroatoms. The highest BCUT2D eigenvalue weighted by Gasteiger charge is 2.20. The molecule has 1 aromatic heterocycles. The van der Waals surface area contributed by atoms with Crippen molar-refractivity contribution in [2.75, 3.05) is 11.9 Å². The van der Waals surface area contributed by atoms with Gasteiger partial charge >= 0.3 is 0 Å². The van der Waals surface area contributed by atoms with Gasteiger partial charge in [-0.3, -0.25) is 4.68 Å². The Labute approximate surface area is 121 Å². The molecule has 0 atom stereocenters. The summed E-state index contributed by atoms with van der Waals surface area (Å²) in [6.45, 7) is 7.37. The van der Waals surface area contributed by atoms with Crippen LogP contribution in [-0.4, -0.2) is 21.3 Å². The third kappa shape index (κ3) is 3.83. The Morgan fingerprint density at radius 3 is 2.45 bits per heavy atom. The van der Waals surface area contributed by atoms with Crippen molar-refractivity contribution in [1.82, 2.24) is 14.8 Å². The van der Waals surface area contributed by atoms with Gasteiger partial charge in [-0.05, 0) is 18.6 Å². The van der Waals surface area contributed by atoms with Gasteiger partial charge in [-0.1, -0.05) is 39.0 Å². The number of nitrogens with zero attached hydrogens (tertiary/aromatic N) is 3. The number of hydrogen-bond acceptors (Lipinski definition) is 3. The summed E-state index contributed by atoms with van der Waals surface area (Å²) in [6, 6.07) is 10.3. The molecule has 1 aromatic carbocycles. The van der Waals surface area contributed by atoms with Gasteiger partial charge in [0.25, 0.3) is 0 Å². The monoisotopic (exact) mass is 272 g/mol. The predicted octanol–water partition coefficient (Wildman–Crippen LogP) is 3.16. The number of benzene rings is 1. The van der Waals surface area contributed by atoms with E-state index >= 15 is 0 Å². The topological polar surface area (TPSA) is 42.7 Å². The van der Waals surface area contributed by atoms with Crippen LogP contribution < -0.4 is 5.32 Å². The van der Waals surface area contributed by atoms with Crippen molar-refractivity contribution < 1.29 is 0 Å². The second kappa shape index (κ2) is 6.07. The Balaban J connectivity index is 1.84. The first kappa shape index (κ1) is 14.6. The molecule has 108 valence electrons. The normalized spacial score (nSPS) is 11.6. The lowest BCUT2D eigenvalue weighted by Gasteiger charge is -2.12. The molecule has 0 saturated carbocycles. The van der Waals surface area contributed by atoms with E-state index in [-0.39, 0.29) is 5.41 Å². The maximum Gasteiger partial charge on any atom is 0.156 e. The molecule has 0 saturated heterocycles. The van der Waals surface area contributed by atoms with Gasteiger partial charge in [-0.15, -0.1) is 0 Å². The molecular weight excluding hydrogens is 248 g/mol. The first-order valence-electron chi connectivity index (χ1n) is 7.16. The van der Waals surface area contributed by atoms with E-state index in [9.17, 15) is 0 Å². The Bertz CT molecular complexity index is 537. The third-order valence-corrected chi connectivity index (χ3v) is 3.20. The van der Waals surface area contributed by atoms with E-state index < -0.39 is 0 Å². The van der Waals surface area contributed by atoms with Gasteiger partial charge in [0.2, 0.25) is 0 Å². The molecule has 0 aliphatic heterocycles. The zero-order valence-corrected chi connectivity index (χ0v) is 12.8. The molecular formula is C16H24N4. The number of para-hydroxylation sites is 1. The molecule has 2 aromatic rings. The Hall–Kier alpha value is -1.84. The van der Waals surface area contributed by atoms with Crippen LogP contribution in [0.4, 0.5) is 5.69 Å². The zero-order chi connectivity index (χ0) is 14.6. The summed E-state index contributed by atoms with van der Waals surface area (Å²) < 4.78 is 1.91. The van der Waals surface area contributed by atoms with Gasteiger partial charge in [0.05, 0.1) is 0 Å². The number of aromatic nitrogens is 3. The SMILES string of the molecule is Cn1nc(C(C)(C)C)nc1CCCNc1ccccc1. The fourth-order valence-electron chi connectivity index (χ4n) is 1.99. The minimum Gasteiger partial charge on any atom is -0.385 e. The molecule has 0 fully saturated rings. The molecule has 0 aliphatic carbocycles. The number of hydrogen-bond donors (Lipinski definition) is 1.